The number of pyridine rings is 1. The van der Waals surface area contributed by atoms with Crippen LogP contribution in [-0.4, -0.2) is 17.4 Å². The van der Waals surface area contributed by atoms with Gasteiger partial charge in [0.25, 0.3) is 0 Å². The number of carbonyl (C=O) groups is 1. The number of aromatic nitrogens is 1. The smallest absolute Gasteiger partial charge is 0.238 e. The lowest BCUT2D eigenvalue weighted by Gasteiger charge is -2.15. The van der Waals surface area contributed by atoms with Gasteiger partial charge in [-0.15, -0.1) is 0 Å². The molecule has 0 aliphatic rings. The highest BCUT2D eigenvalue weighted by atomic mass is 79.9. The summed E-state index contributed by atoms with van der Waals surface area (Å²) < 4.78 is 1.04. The lowest BCUT2D eigenvalue weighted by Crippen LogP contribution is -2.30. The molecule has 104 valence electrons. The van der Waals surface area contributed by atoms with Crippen LogP contribution in [-0.2, 0) is 4.79 Å². The number of hydrogen-bond donors (Lipinski definition) is 2. The number of halogens is 1. The molecule has 0 unspecified atom stereocenters. The summed E-state index contributed by atoms with van der Waals surface area (Å²) in [5.74, 6) is -0.0740. The highest BCUT2D eigenvalue weighted by molar-refractivity contribution is 9.10. The van der Waals surface area contributed by atoms with Gasteiger partial charge in [-0.25, -0.2) is 0 Å². The Labute approximate surface area is 126 Å². The van der Waals surface area contributed by atoms with Gasteiger partial charge in [0, 0.05) is 28.6 Å². The predicted octanol–water partition coefficient (Wildman–Crippen LogP) is 3.13. The number of nitrogens with one attached hydrogen (secondary N) is 2. The summed E-state index contributed by atoms with van der Waals surface area (Å²) in [4.78, 5) is 15.7. The molecule has 1 heterocycles. The van der Waals surface area contributed by atoms with Crippen LogP contribution in [0.3, 0.4) is 0 Å². The summed E-state index contributed by atoms with van der Waals surface area (Å²) in [6.07, 6.45) is 3.29. The van der Waals surface area contributed by atoms with Gasteiger partial charge in [0.15, 0.2) is 0 Å². The summed E-state index contributed by atoms with van der Waals surface area (Å²) >= 11 is 3.51. The van der Waals surface area contributed by atoms with Gasteiger partial charge in [-0.3, -0.25) is 9.78 Å². The number of carbonyl (C=O) groups excluding carboxylic acids is 1. The first-order valence-electron chi connectivity index (χ1n) is 6.34. The van der Waals surface area contributed by atoms with E-state index in [1.165, 1.54) is 0 Å². The van der Waals surface area contributed by atoms with Crippen molar-refractivity contribution >= 4 is 27.5 Å². The molecule has 1 amide bonds. The van der Waals surface area contributed by atoms with E-state index in [4.69, 9.17) is 0 Å². The van der Waals surface area contributed by atoms with Gasteiger partial charge in [-0.1, -0.05) is 34.1 Å². The molecule has 0 aliphatic carbocycles. The van der Waals surface area contributed by atoms with E-state index in [9.17, 15) is 4.79 Å². The predicted molar refractivity (Wildman–Crippen MR) is 83.4 cm³/mol. The third kappa shape index (κ3) is 4.15. The summed E-state index contributed by atoms with van der Waals surface area (Å²) in [7, 11) is 0. The van der Waals surface area contributed by atoms with Crippen molar-refractivity contribution in [2.24, 2.45) is 0 Å². The molecule has 0 aliphatic heterocycles. The topological polar surface area (TPSA) is 54.0 Å². The molecule has 20 heavy (non-hydrogen) atoms. The Bertz CT molecular complexity index is 574. The SMILES string of the molecule is C[C@@H](NCC(=O)Nc1ccncc1)c1ccccc1Br. The van der Waals surface area contributed by atoms with Crippen molar-refractivity contribution < 1.29 is 4.79 Å². The molecule has 5 heteroatoms. The van der Waals surface area contributed by atoms with Crippen LogP contribution in [0.1, 0.15) is 18.5 Å². The second-order valence-electron chi connectivity index (χ2n) is 4.41. The van der Waals surface area contributed by atoms with Gasteiger partial charge >= 0.3 is 0 Å². The first-order chi connectivity index (χ1) is 9.66. The van der Waals surface area contributed by atoms with Gasteiger partial charge in [-0.05, 0) is 30.7 Å². The quantitative estimate of drug-likeness (QED) is 0.883. The van der Waals surface area contributed by atoms with E-state index >= 15 is 0 Å². The normalized spacial score (nSPS) is 11.9. The number of hydrogen-bond acceptors (Lipinski definition) is 3. The number of anilines is 1. The lowest BCUT2D eigenvalue weighted by molar-refractivity contribution is -0.115. The Hall–Kier alpha value is -1.72. The molecule has 0 radical (unpaired) electrons. The van der Waals surface area contributed by atoms with Gasteiger partial charge in [0.05, 0.1) is 6.54 Å². The number of amides is 1. The van der Waals surface area contributed by atoms with Gasteiger partial charge in [0.2, 0.25) is 5.91 Å². The fourth-order valence-electron chi connectivity index (χ4n) is 1.82. The largest absolute Gasteiger partial charge is 0.325 e. The standard InChI is InChI=1S/C15H16BrN3O/c1-11(13-4-2-3-5-14(13)16)18-10-15(20)19-12-6-8-17-9-7-12/h2-9,11,18H,10H2,1H3,(H,17,19,20)/t11-/m1/s1. The average Bonchev–Trinajstić information content (AvgIpc) is 2.46. The van der Waals surface area contributed by atoms with Crippen LogP contribution < -0.4 is 10.6 Å². The highest BCUT2D eigenvalue weighted by Gasteiger charge is 2.10. The maximum Gasteiger partial charge on any atom is 0.238 e. The van der Waals surface area contributed by atoms with E-state index in [1.807, 2.05) is 31.2 Å². The molecule has 4 nitrogen and oxygen atoms in total. The fraction of sp³-hybridized carbons (Fsp3) is 0.200. The van der Waals surface area contributed by atoms with Crippen LogP contribution >= 0.6 is 15.9 Å². The van der Waals surface area contributed by atoms with Gasteiger partial charge in [0.1, 0.15) is 0 Å². The molecular formula is C15H16BrN3O. The molecule has 2 N–H and O–H groups in total. The van der Waals surface area contributed by atoms with E-state index in [-0.39, 0.29) is 18.5 Å². The Kier molecular flexibility index (Phi) is 5.26. The van der Waals surface area contributed by atoms with Crippen molar-refractivity contribution in [2.75, 3.05) is 11.9 Å². The van der Waals surface area contributed by atoms with Crippen LogP contribution in [0, 0.1) is 0 Å². The monoisotopic (exact) mass is 333 g/mol. The zero-order valence-electron chi connectivity index (χ0n) is 11.1. The van der Waals surface area contributed by atoms with E-state index < -0.39 is 0 Å². The summed E-state index contributed by atoms with van der Waals surface area (Å²) in [5.41, 5.74) is 1.88. The minimum Gasteiger partial charge on any atom is -0.325 e. The molecule has 1 atom stereocenters. The number of rotatable bonds is 5. The first kappa shape index (κ1) is 14.7. The van der Waals surface area contributed by atoms with E-state index in [1.54, 1.807) is 24.5 Å². The summed E-state index contributed by atoms with van der Waals surface area (Å²) in [6, 6.07) is 11.6. The van der Waals surface area contributed by atoms with Gasteiger partial charge < -0.3 is 10.6 Å². The summed E-state index contributed by atoms with van der Waals surface area (Å²) in [6.45, 7) is 2.28. The van der Waals surface area contributed by atoms with E-state index in [2.05, 4.69) is 31.5 Å². The first-order valence-corrected chi connectivity index (χ1v) is 7.14. The molecule has 0 spiro atoms. The molecule has 1 aromatic heterocycles. The van der Waals surface area contributed by atoms with E-state index in [0.717, 1.165) is 15.7 Å². The summed E-state index contributed by atoms with van der Waals surface area (Å²) in [5, 5.41) is 6.01. The number of benzene rings is 1. The molecule has 2 aromatic rings. The van der Waals surface area contributed by atoms with Crippen LogP contribution in [0.2, 0.25) is 0 Å². The van der Waals surface area contributed by atoms with Crippen molar-refractivity contribution in [3.8, 4) is 0 Å². The van der Waals surface area contributed by atoms with Crippen LogP contribution in [0.25, 0.3) is 0 Å². The molecule has 0 saturated heterocycles. The number of nitrogens with zero attached hydrogens (tertiary/aromatic N) is 1. The van der Waals surface area contributed by atoms with Crippen molar-refractivity contribution in [1.29, 1.82) is 0 Å². The third-order valence-electron chi connectivity index (χ3n) is 2.90. The second kappa shape index (κ2) is 7.17. The molecule has 2 rings (SSSR count). The van der Waals surface area contributed by atoms with Crippen LogP contribution in [0.4, 0.5) is 5.69 Å². The van der Waals surface area contributed by atoms with Crippen LogP contribution in [0.15, 0.2) is 53.3 Å². The molecule has 1 aromatic carbocycles. The van der Waals surface area contributed by atoms with Crippen molar-refractivity contribution in [3.05, 3.63) is 58.8 Å². The Balaban J connectivity index is 1.86. The molecule has 0 fully saturated rings. The van der Waals surface area contributed by atoms with Crippen LogP contribution in [0.5, 0.6) is 0 Å². The highest BCUT2D eigenvalue weighted by Crippen LogP contribution is 2.22. The minimum absolute atomic E-state index is 0.0740. The van der Waals surface area contributed by atoms with Crippen molar-refractivity contribution in [2.45, 2.75) is 13.0 Å². The molecule has 0 saturated carbocycles. The lowest BCUT2D eigenvalue weighted by atomic mass is 10.1. The fourth-order valence-corrected chi connectivity index (χ4v) is 2.45. The maximum atomic E-state index is 11.8. The minimum atomic E-state index is -0.0740. The average molecular weight is 334 g/mol. The van der Waals surface area contributed by atoms with Crippen molar-refractivity contribution in [3.63, 3.8) is 0 Å². The Morgan fingerprint density at radius 1 is 1.25 bits per heavy atom. The molecule has 0 bridgehead atoms. The molecular weight excluding hydrogens is 318 g/mol. The third-order valence-corrected chi connectivity index (χ3v) is 3.63. The maximum absolute atomic E-state index is 11.8. The van der Waals surface area contributed by atoms with E-state index in [0.29, 0.717) is 0 Å². The second-order valence-corrected chi connectivity index (χ2v) is 5.26. The zero-order valence-corrected chi connectivity index (χ0v) is 12.7. The Morgan fingerprint density at radius 2 is 1.95 bits per heavy atom. The van der Waals surface area contributed by atoms with Crippen molar-refractivity contribution in [1.82, 2.24) is 10.3 Å². The zero-order chi connectivity index (χ0) is 14.4. The van der Waals surface area contributed by atoms with Gasteiger partial charge in [-0.2, -0.15) is 0 Å². The Morgan fingerprint density at radius 3 is 2.65 bits per heavy atom.